The first kappa shape index (κ1) is 43.1. The molecule has 0 amide bonds. The summed E-state index contributed by atoms with van der Waals surface area (Å²) in [5.74, 6) is -0.101. The molecule has 272 valence electrons. The minimum atomic E-state index is -0.0827. The summed E-state index contributed by atoms with van der Waals surface area (Å²) in [6.07, 6.45) is 45.5. The summed E-state index contributed by atoms with van der Waals surface area (Å²) >= 11 is 0. The largest absolute Gasteiger partial charge is 0.466 e. The van der Waals surface area contributed by atoms with Gasteiger partial charge in [0.15, 0.2) is 0 Å². The fourth-order valence-electron chi connectivity index (χ4n) is 5.85. The number of carbonyl (C=O) groups is 2. The highest BCUT2D eigenvalue weighted by Gasteiger charge is 2.36. The van der Waals surface area contributed by atoms with Crippen LogP contribution in [0.4, 0.5) is 0 Å². The van der Waals surface area contributed by atoms with Crippen LogP contribution in [0, 0.1) is 0 Å². The van der Waals surface area contributed by atoms with Gasteiger partial charge in [0.05, 0.1) is 25.4 Å². The Morgan fingerprint density at radius 1 is 0.468 bits per heavy atom. The Morgan fingerprint density at radius 2 is 0.915 bits per heavy atom. The van der Waals surface area contributed by atoms with Gasteiger partial charge in [0.2, 0.25) is 0 Å². The minimum absolute atomic E-state index is 0.0180. The second kappa shape index (κ2) is 34.0. The zero-order chi connectivity index (χ0) is 33.9. The molecule has 1 rings (SSSR count). The number of allylic oxidation sites excluding steroid dienone is 6. The van der Waals surface area contributed by atoms with Crippen molar-refractivity contribution in [2.45, 2.75) is 206 Å². The molecular formula is C42H74O5. The summed E-state index contributed by atoms with van der Waals surface area (Å²) < 4.78 is 16.7. The summed E-state index contributed by atoms with van der Waals surface area (Å²) in [7, 11) is 0. The maximum absolute atomic E-state index is 12.0. The van der Waals surface area contributed by atoms with E-state index in [-0.39, 0.29) is 11.9 Å². The first-order valence-corrected chi connectivity index (χ1v) is 20.1. The fraction of sp³-hybridized carbons (Fsp3) is 0.810. The molecule has 1 heterocycles. The highest BCUT2D eigenvalue weighted by molar-refractivity contribution is 5.69. The number of epoxide rings is 1. The van der Waals surface area contributed by atoms with Crippen LogP contribution in [0.25, 0.3) is 0 Å². The van der Waals surface area contributed by atoms with E-state index in [9.17, 15) is 9.59 Å². The predicted molar refractivity (Wildman–Crippen MR) is 199 cm³/mol. The maximum atomic E-state index is 12.0. The van der Waals surface area contributed by atoms with E-state index in [4.69, 9.17) is 14.2 Å². The van der Waals surface area contributed by atoms with E-state index in [0.29, 0.717) is 38.3 Å². The topological polar surface area (TPSA) is 65.1 Å². The lowest BCUT2D eigenvalue weighted by Gasteiger charge is -2.05. The van der Waals surface area contributed by atoms with Crippen molar-refractivity contribution in [3.63, 3.8) is 0 Å². The summed E-state index contributed by atoms with van der Waals surface area (Å²) in [5, 5.41) is 0. The molecule has 0 spiro atoms. The summed E-state index contributed by atoms with van der Waals surface area (Å²) in [6.45, 7) is 5.51. The van der Waals surface area contributed by atoms with Crippen molar-refractivity contribution >= 4 is 11.9 Å². The van der Waals surface area contributed by atoms with Gasteiger partial charge in [-0.2, -0.15) is 0 Å². The molecule has 1 aliphatic rings. The van der Waals surface area contributed by atoms with Gasteiger partial charge in [-0.25, -0.2) is 0 Å². The Bertz CT molecular complexity index is 801. The van der Waals surface area contributed by atoms with Gasteiger partial charge < -0.3 is 14.2 Å². The van der Waals surface area contributed by atoms with E-state index in [1.54, 1.807) is 0 Å². The quantitative estimate of drug-likeness (QED) is 0.0293. The molecule has 0 aromatic carbocycles. The second-order valence-corrected chi connectivity index (χ2v) is 13.5. The number of hydrogen-bond acceptors (Lipinski definition) is 5. The SMILES string of the molecule is CCC=CCCCCCCCCCCC(=O)OCCCCCCCC1OC1CCCCOC(=O)CCC=CCCCC=CCCCC. The number of esters is 2. The number of carbonyl (C=O) groups excluding carboxylic acids is 2. The van der Waals surface area contributed by atoms with E-state index in [1.807, 2.05) is 0 Å². The Hall–Kier alpha value is -1.88. The Morgan fingerprint density at radius 3 is 1.55 bits per heavy atom. The minimum Gasteiger partial charge on any atom is -0.466 e. The zero-order valence-corrected chi connectivity index (χ0v) is 30.9. The number of ether oxygens (including phenoxy) is 3. The average Bonchev–Trinajstić information content (AvgIpc) is 3.82. The molecule has 0 saturated carbocycles. The van der Waals surface area contributed by atoms with Crippen LogP contribution in [-0.4, -0.2) is 37.4 Å². The molecule has 0 aromatic rings. The third kappa shape index (κ3) is 31.2. The second-order valence-electron chi connectivity index (χ2n) is 13.5. The van der Waals surface area contributed by atoms with Crippen molar-refractivity contribution in [3.8, 4) is 0 Å². The maximum Gasteiger partial charge on any atom is 0.306 e. The standard InChI is InChI=1S/C42H74O5/c1-3-5-7-9-11-13-15-17-19-21-24-28-35-41(43)45-37-31-26-22-23-27-33-39-40(47-39)34-30-32-38-46-42(44)36-29-25-20-18-16-14-12-10-8-6-4-2/h5,7,10,12,20,25,39-40H,3-4,6,8-9,11,13-19,21-24,26-38H2,1-2H3. The van der Waals surface area contributed by atoms with E-state index < -0.39 is 0 Å². The molecule has 0 radical (unpaired) electrons. The van der Waals surface area contributed by atoms with Crippen LogP contribution in [0.1, 0.15) is 194 Å². The van der Waals surface area contributed by atoms with Gasteiger partial charge in [-0.05, 0) is 89.9 Å². The third-order valence-electron chi connectivity index (χ3n) is 8.95. The normalized spacial score (nSPS) is 16.1. The van der Waals surface area contributed by atoms with Crippen molar-refractivity contribution in [2.75, 3.05) is 13.2 Å². The lowest BCUT2D eigenvalue weighted by atomic mass is 10.1. The highest BCUT2D eigenvalue weighted by Crippen LogP contribution is 2.31. The lowest BCUT2D eigenvalue weighted by Crippen LogP contribution is -2.05. The first-order chi connectivity index (χ1) is 23.2. The zero-order valence-electron chi connectivity index (χ0n) is 30.9. The molecule has 1 fully saturated rings. The molecule has 0 bridgehead atoms. The van der Waals surface area contributed by atoms with Crippen molar-refractivity contribution in [1.82, 2.24) is 0 Å². The summed E-state index contributed by atoms with van der Waals surface area (Å²) in [5.41, 5.74) is 0. The average molecular weight is 659 g/mol. The predicted octanol–water partition coefficient (Wildman–Crippen LogP) is 12.5. The molecular weight excluding hydrogens is 584 g/mol. The molecule has 5 nitrogen and oxygen atoms in total. The van der Waals surface area contributed by atoms with Crippen molar-refractivity contribution in [2.24, 2.45) is 0 Å². The van der Waals surface area contributed by atoms with Crippen molar-refractivity contribution < 1.29 is 23.8 Å². The molecule has 0 aromatic heterocycles. The molecule has 0 aliphatic carbocycles. The Balaban J connectivity index is 1.78. The number of rotatable bonds is 35. The van der Waals surface area contributed by atoms with Crippen molar-refractivity contribution in [1.29, 1.82) is 0 Å². The molecule has 47 heavy (non-hydrogen) atoms. The van der Waals surface area contributed by atoms with Gasteiger partial charge in [-0.15, -0.1) is 0 Å². The first-order valence-electron chi connectivity index (χ1n) is 20.1. The molecule has 0 N–H and O–H groups in total. The van der Waals surface area contributed by atoms with Gasteiger partial charge in [0, 0.05) is 12.8 Å². The third-order valence-corrected chi connectivity index (χ3v) is 8.95. The lowest BCUT2D eigenvalue weighted by molar-refractivity contribution is -0.144. The van der Waals surface area contributed by atoms with Gasteiger partial charge >= 0.3 is 11.9 Å². The van der Waals surface area contributed by atoms with Crippen LogP contribution in [0.3, 0.4) is 0 Å². The number of unbranched alkanes of at least 4 members (excludes halogenated alkanes) is 17. The van der Waals surface area contributed by atoms with Crippen LogP contribution in [0.2, 0.25) is 0 Å². The van der Waals surface area contributed by atoms with E-state index >= 15 is 0 Å². The monoisotopic (exact) mass is 659 g/mol. The van der Waals surface area contributed by atoms with Crippen LogP contribution < -0.4 is 0 Å². The molecule has 1 saturated heterocycles. The molecule has 2 unspecified atom stereocenters. The van der Waals surface area contributed by atoms with E-state index in [0.717, 1.165) is 77.0 Å². The van der Waals surface area contributed by atoms with Gasteiger partial charge in [-0.3, -0.25) is 9.59 Å². The van der Waals surface area contributed by atoms with Crippen LogP contribution in [-0.2, 0) is 23.8 Å². The van der Waals surface area contributed by atoms with Gasteiger partial charge in [-0.1, -0.05) is 127 Å². The van der Waals surface area contributed by atoms with Crippen LogP contribution in [0.15, 0.2) is 36.5 Å². The highest BCUT2D eigenvalue weighted by atomic mass is 16.6. The van der Waals surface area contributed by atoms with Crippen LogP contribution in [0.5, 0.6) is 0 Å². The fourth-order valence-corrected chi connectivity index (χ4v) is 5.85. The van der Waals surface area contributed by atoms with Crippen LogP contribution >= 0.6 is 0 Å². The molecule has 5 heteroatoms. The van der Waals surface area contributed by atoms with Gasteiger partial charge in [0.1, 0.15) is 0 Å². The Labute approximate surface area is 290 Å². The smallest absolute Gasteiger partial charge is 0.306 e. The van der Waals surface area contributed by atoms with Crippen molar-refractivity contribution in [3.05, 3.63) is 36.5 Å². The summed E-state index contributed by atoms with van der Waals surface area (Å²) in [4.78, 5) is 23.9. The summed E-state index contributed by atoms with van der Waals surface area (Å²) in [6, 6.07) is 0. The number of hydrogen-bond donors (Lipinski definition) is 0. The molecule has 1 aliphatic heterocycles. The van der Waals surface area contributed by atoms with E-state index in [1.165, 1.54) is 89.9 Å². The molecule has 2 atom stereocenters. The Kier molecular flexibility index (Phi) is 31.2. The van der Waals surface area contributed by atoms with E-state index in [2.05, 4.69) is 50.3 Å². The van der Waals surface area contributed by atoms with Gasteiger partial charge in [0.25, 0.3) is 0 Å².